The standard InChI is InChI=1S/C22H32N2/c1-11-12(2)15(5)20(16(6)13(11)3)10-24-22-18(8)14(4)17(7)21(23)19(22)9/h24H,10,23H2,1-9H3. The summed E-state index contributed by atoms with van der Waals surface area (Å²) in [4.78, 5) is 0. The maximum absolute atomic E-state index is 6.31. The lowest BCUT2D eigenvalue weighted by atomic mass is 9.89. The number of nitrogens with one attached hydrogen (secondary N) is 1. The van der Waals surface area contributed by atoms with Crippen molar-refractivity contribution in [1.29, 1.82) is 0 Å². The van der Waals surface area contributed by atoms with Gasteiger partial charge in [0.05, 0.1) is 0 Å². The molecule has 130 valence electrons. The molecule has 0 radical (unpaired) electrons. The third-order valence-corrected chi connectivity index (χ3v) is 6.28. The highest BCUT2D eigenvalue weighted by Gasteiger charge is 2.15. The maximum atomic E-state index is 6.31. The molecule has 0 amide bonds. The first-order chi connectivity index (χ1) is 11.1. The second-order valence-corrected chi connectivity index (χ2v) is 7.25. The average Bonchev–Trinajstić information content (AvgIpc) is 2.57. The minimum Gasteiger partial charge on any atom is -0.398 e. The third kappa shape index (κ3) is 2.79. The first-order valence-electron chi connectivity index (χ1n) is 8.75. The van der Waals surface area contributed by atoms with Crippen molar-refractivity contribution < 1.29 is 0 Å². The van der Waals surface area contributed by atoms with Crippen molar-refractivity contribution in [2.75, 3.05) is 11.1 Å². The summed E-state index contributed by atoms with van der Waals surface area (Å²) in [5.74, 6) is 0. The first-order valence-corrected chi connectivity index (χ1v) is 8.75. The van der Waals surface area contributed by atoms with Crippen LogP contribution in [0.4, 0.5) is 11.4 Å². The van der Waals surface area contributed by atoms with E-state index >= 15 is 0 Å². The molecule has 2 aromatic rings. The SMILES string of the molecule is Cc1c(C)c(C)c(CNc2c(C)c(C)c(C)c(N)c2C)c(C)c1C. The molecule has 24 heavy (non-hydrogen) atoms. The average molecular weight is 325 g/mol. The van der Waals surface area contributed by atoms with Crippen LogP contribution in [0.25, 0.3) is 0 Å². The quantitative estimate of drug-likeness (QED) is 0.715. The van der Waals surface area contributed by atoms with Gasteiger partial charge >= 0.3 is 0 Å². The fourth-order valence-electron chi connectivity index (χ4n) is 3.65. The molecule has 0 fully saturated rings. The summed E-state index contributed by atoms with van der Waals surface area (Å²) in [6, 6.07) is 0. The molecule has 0 bridgehead atoms. The second kappa shape index (κ2) is 6.51. The van der Waals surface area contributed by atoms with Crippen LogP contribution in [0.1, 0.15) is 55.6 Å². The van der Waals surface area contributed by atoms with Gasteiger partial charge < -0.3 is 11.1 Å². The molecular weight excluding hydrogens is 292 g/mol. The summed E-state index contributed by atoms with van der Waals surface area (Å²) in [5, 5.41) is 3.68. The van der Waals surface area contributed by atoms with E-state index in [0.29, 0.717) is 0 Å². The van der Waals surface area contributed by atoms with Crippen LogP contribution < -0.4 is 11.1 Å². The molecule has 0 heterocycles. The normalized spacial score (nSPS) is 11.0. The van der Waals surface area contributed by atoms with Gasteiger partial charge in [-0.1, -0.05) is 0 Å². The van der Waals surface area contributed by atoms with Crippen molar-refractivity contribution in [3.63, 3.8) is 0 Å². The summed E-state index contributed by atoms with van der Waals surface area (Å²) in [6.45, 7) is 20.5. The van der Waals surface area contributed by atoms with Crippen LogP contribution in [0, 0.1) is 62.3 Å². The van der Waals surface area contributed by atoms with Gasteiger partial charge in [-0.25, -0.2) is 0 Å². The number of benzene rings is 2. The van der Waals surface area contributed by atoms with Crippen LogP contribution >= 0.6 is 0 Å². The Hall–Kier alpha value is -1.96. The van der Waals surface area contributed by atoms with Gasteiger partial charge in [0, 0.05) is 17.9 Å². The van der Waals surface area contributed by atoms with Crippen molar-refractivity contribution in [3.8, 4) is 0 Å². The zero-order valence-corrected chi connectivity index (χ0v) is 16.8. The number of hydrogen-bond donors (Lipinski definition) is 2. The second-order valence-electron chi connectivity index (χ2n) is 7.25. The summed E-state index contributed by atoms with van der Waals surface area (Å²) >= 11 is 0. The molecule has 0 aliphatic carbocycles. The number of nitrogens with two attached hydrogens (primary N) is 1. The smallest absolute Gasteiger partial charge is 0.0425 e. The number of anilines is 2. The van der Waals surface area contributed by atoms with E-state index in [1.165, 1.54) is 55.8 Å². The molecule has 0 spiro atoms. The van der Waals surface area contributed by atoms with E-state index in [1.54, 1.807) is 0 Å². The third-order valence-electron chi connectivity index (χ3n) is 6.28. The number of hydrogen-bond acceptors (Lipinski definition) is 2. The van der Waals surface area contributed by atoms with E-state index in [0.717, 1.165) is 17.8 Å². The van der Waals surface area contributed by atoms with Gasteiger partial charge in [0.1, 0.15) is 0 Å². The molecule has 0 aliphatic heterocycles. The van der Waals surface area contributed by atoms with Crippen LogP contribution in [0.5, 0.6) is 0 Å². The van der Waals surface area contributed by atoms with Crippen LogP contribution in [-0.2, 0) is 6.54 Å². The predicted octanol–water partition coefficient (Wildman–Crippen LogP) is 5.66. The molecule has 0 saturated carbocycles. The Morgan fingerprint density at radius 3 is 1.46 bits per heavy atom. The summed E-state index contributed by atoms with van der Waals surface area (Å²) < 4.78 is 0. The summed E-state index contributed by atoms with van der Waals surface area (Å²) in [5.41, 5.74) is 21.8. The zero-order chi connectivity index (χ0) is 18.3. The van der Waals surface area contributed by atoms with Crippen molar-refractivity contribution in [1.82, 2.24) is 0 Å². The van der Waals surface area contributed by atoms with Crippen molar-refractivity contribution in [3.05, 3.63) is 55.6 Å². The van der Waals surface area contributed by atoms with Gasteiger partial charge in [-0.2, -0.15) is 0 Å². The van der Waals surface area contributed by atoms with Crippen LogP contribution in [0.2, 0.25) is 0 Å². The lowest BCUT2D eigenvalue weighted by Crippen LogP contribution is -2.11. The monoisotopic (exact) mass is 324 g/mol. The van der Waals surface area contributed by atoms with Crippen LogP contribution in [-0.4, -0.2) is 0 Å². The van der Waals surface area contributed by atoms with Gasteiger partial charge in [-0.3, -0.25) is 0 Å². The molecule has 2 aromatic carbocycles. The molecule has 0 atom stereocenters. The van der Waals surface area contributed by atoms with Crippen molar-refractivity contribution >= 4 is 11.4 Å². The van der Waals surface area contributed by atoms with Gasteiger partial charge in [-0.05, 0) is 118 Å². The highest BCUT2D eigenvalue weighted by molar-refractivity contribution is 5.73. The Morgan fingerprint density at radius 2 is 0.958 bits per heavy atom. The number of nitrogen functional groups attached to an aromatic ring is 1. The van der Waals surface area contributed by atoms with E-state index < -0.39 is 0 Å². The van der Waals surface area contributed by atoms with E-state index in [1.807, 2.05) is 0 Å². The summed E-state index contributed by atoms with van der Waals surface area (Å²) in [6.07, 6.45) is 0. The molecule has 2 heteroatoms. The first kappa shape index (κ1) is 18.4. The molecule has 0 aliphatic rings. The predicted molar refractivity (Wildman–Crippen MR) is 107 cm³/mol. The Bertz CT molecular complexity index is 686. The lowest BCUT2D eigenvalue weighted by Gasteiger charge is -2.23. The molecule has 0 unspecified atom stereocenters. The Balaban J connectivity index is 2.48. The van der Waals surface area contributed by atoms with Gasteiger partial charge in [-0.15, -0.1) is 0 Å². The van der Waals surface area contributed by atoms with Crippen LogP contribution in [0.3, 0.4) is 0 Å². The van der Waals surface area contributed by atoms with Gasteiger partial charge in [0.25, 0.3) is 0 Å². The topological polar surface area (TPSA) is 38.0 Å². The minimum absolute atomic E-state index is 0.837. The fraction of sp³-hybridized carbons (Fsp3) is 0.455. The van der Waals surface area contributed by atoms with E-state index in [4.69, 9.17) is 5.73 Å². The van der Waals surface area contributed by atoms with Crippen molar-refractivity contribution in [2.24, 2.45) is 0 Å². The van der Waals surface area contributed by atoms with Gasteiger partial charge in [0.2, 0.25) is 0 Å². The van der Waals surface area contributed by atoms with E-state index in [9.17, 15) is 0 Å². The Morgan fingerprint density at radius 1 is 0.542 bits per heavy atom. The highest BCUT2D eigenvalue weighted by Crippen LogP contribution is 2.33. The molecule has 3 N–H and O–H groups in total. The van der Waals surface area contributed by atoms with Crippen LogP contribution in [0.15, 0.2) is 0 Å². The largest absolute Gasteiger partial charge is 0.398 e. The number of rotatable bonds is 3. The fourth-order valence-corrected chi connectivity index (χ4v) is 3.65. The maximum Gasteiger partial charge on any atom is 0.0425 e. The molecule has 0 saturated heterocycles. The summed E-state index contributed by atoms with van der Waals surface area (Å²) in [7, 11) is 0. The minimum atomic E-state index is 0.837. The Labute approximate surface area is 147 Å². The zero-order valence-electron chi connectivity index (χ0n) is 16.8. The van der Waals surface area contributed by atoms with E-state index in [2.05, 4.69) is 67.6 Å². The molecule has 2 nitrogen and oxygen atoms in total. The van der Waals surface area contributed by atoms with Gasteiger partial charge in [0.15, 0.2) is 0 Å². The Kier molecular flexibility index (Phi) is 4.98. The lowest BCUT2D eigenvalue weighted by molar-refractivity contribution is 1.03. The highest BCUT2D eigenvalue weighted by atomic mass is 14.9. The van der Waals surface area contributed by atoms with Crippen molar-refractivity contribution in [2.45, 2.75) is 68.9 Å². The molecule has 2 rings (SSSR count). The molecular formula is C22H32N2. The van der Waals surface area contributed by atoms with E-state index in [-0.39, 0.29) is 0 Å². The molecule has 0 aromatic heterocycles.